The van der Waals surface area contributed by atoms with Crippen molar-refractivity contribution in [3.05, 3.63) is 58.7 Å². The van der Waals surface area contributed by atoms with E-state index in [2.05, 4.69) is 21.1 Å². The molecule has 134 valence electrons. The Bertz CT molecular complexity index is 741. The Kier molecular flexibility index (Phi) is 7.62. The van der Waals surface area contributed by atoms with Crippen LogP contribution in [0.25, 0.3) is 0 Å². The van der Waals surface area contributed by atoms with Crippen LogP contribution in [0.15, 0.2) is 46.6 Å². The molecule has 0 atom stereocenters. The molecular weight excluding hydrogens is 367 g/mol. The number of phenols is 2. The molecule has 0 radical (unpaired) electrons. The predicted octanol–water partition coefficient (Wildman–Crippen LogP) is 2.38. The van der Waals surface area contributed by atoms with Gasteiger partial charge in [0.25, 0.3) is 0 Å². The zero-order valence-electron chi connectivity index (χ0n) is 13.6. The number of benzene rings is 2. The summed E-state index contributed by atoms with van der Waals surface area (Å²) in [4.78, 5) is 11.5. The molecule has 0 heterocycles. The molecule has 4 N–H and O–H groups in total. The van der Waals surface area contributed by atoms with Crippen LogP contribution in [0.2, 0.25) is 0 Å². The Hall–Kier alpha value is -2.86. The van der Waals surface area contributed by atoms with Gasteiger partial charge in [-0.3, -0.25) is 0 Å². The summed E-state index contributed by atoms with van der Waals surface area (Å²) in [5.74, 6) is 0.155. The molecule has 0 aliphatic heterocycles. The Morgan fingerprint density at radius 1 is 0.880 bits per heavy atom. The molecule has 0 bridgehead atoms. The Morgan fingerprint density at radius 2 is 1.28 bits per heavy atom. The van der Waals surface area contributed by atoms with Gasteiger partial charge < -0.3 is 10.2 Å². The second kappa shape index (κ2) is 9.44. The first-order valence-corrected chi connectivity index (χ1v) is 7.17. The molecule has 0 fully saturated rings. The maximum absolute atomic E-state index is 11.5. The Balaban J connectivity index is 0.00000312. The van der Waals surface area contributed by atoms with E-state index >= 15 is 0 Å². The molecule has 0 spiro atoms. The first-order chi connectivity index (χ1) is 11.5. The number of hydrogen-bond donors (Lipinski definition) is 4. The number of rotatable bonds is 4. The minimum Gasteiger partial charge on any atom is -0.507 e. The van der Waals surface area contributed by atoms with Gasteiger partial charge >= 0.3 is 6.03 Å². The third kappa shape index (κ3) is 6.27. The number of aromatic hydroxyl groups is 2. The van der Waals surface area contributed by atoms with Gasteiger partial charge in [0, 0.05) is 27.6 Å². The normalized spacial score (nSPS) is 10.6. The summed E-state index contributed by atoms with van der Waals surface area (Å²) in [6.07, 6.45) is 2.65. The molecule has 2 rings (SSSR count). The number of amides is 2. The molecule has 0 saturated carbocycles. The smallest absolute Gasteiger partial charge is 0.355 e. The molecule has 7 nitrogen and oxygen atoms in total. The third-order valence-electron chi connectivity index (χ3n) is 3.11. The van der Waals surface area contributed by atoms with E-state index in [1.54, 1.807) is 24.3 Å². The minimum atomic E-state index is -0.652. The fourth-order valence-corrected chi connectivity index (χ4v) is 1.87. The molecule has 0 aliphatic carbocycles. The molecule has 2 aromatic rings. The van der Waals surface area contributed by atoms with Crippen LogP contribution in [0.5, 0.6) is 11.5 Å². The van der Waals surface area contributed by atoms with Crippen LogP contribution in [-0.2, 0) is 16.5 Å². The van der Waals surface area contributed by atoms with Gasteiger partial charge in [-0.2, -0.15) is 10.2 Å². The van der Waals surface area contributed by atoms with Gasteiger partial charge in [0.15, 0.2) is 0 Å². The summed E-state index contributed by atoms with van der Waals surface area (Å²) in [6, 6.07) is 9.55. The molecule has 0 aromatic heterocycles. The van der Waals surface area contributed by atoms with Crippen molar-refractivity contribution in [3.63, 3.8) is 0 Å². The van der Waals surface area contributed by atoms with Crippen molar-refractivity contribution in [1.82, 2.24) is 10.9 Å². The monoisotopic (exact) mass is 384 g/mol. The fraction of sp³-hybridized carbons (Fsp3) is 0.118. The number of phenolic OH excluding ortho intramolecular Hbond substituents is 2. The maximum atomic E-state index is 11.5. The molecule has 2 aromatic carbocycles. The summed E-state index contributed by atoms with van der Waals surface area (Å²) in [7, 11) is 0. The van der Waals surface area contributed by atoms with Gasteiger partial charge in [-0.1, -0.05) is 12.1 Å². The number of nitrogens with zero attached hydrogens (tertiary/aromatic N) is 2. The van der Waals surface area contributed by atoms with Crippen LogP contribution in [-0.4, -0.2) is 28.7 Å². The van der Waals surface area contributed by atoms with Crippen LogP contribution >= 0.6 is 0 Å². The summed E-state index contributed by atoms with van der Waals surface area (Å²) < 4.78 is 0. The zero-order valence-corrected chi connectivity index (χ0v) is 14.6. The summed E-state index contributed by atoms with van der Waals surface area (Å²) in [5, 5.41) is 26.8. The quantitative estimate of drug-likeness (QED) is 0.369. The summed E-state index contributed by atoms with van der Waals surface area (Å²) in [6.45, 7) is 3.71. The average molecular weight is 385 g/mol. The third-order valence-corrected chi connectivity index (χ3v) is 3.11. The zero-order chi connectivity index (χ0) is 17.5. The van der Waals surface area contributed by atoms with E-state index in [0.29, 0.717) is 11.1 Å². The van der Waals surface area contributed by atoms with E-state index in [4.69, 9.17) is 0 Å². The number of aryl methyl sites for hydroxylation is 2. The first-order valence-electron chi connectivity index (χ1n) is 7.17. The summed E-state index contributed by atoms with van der Waals surface area (Å²) >= 11 is 0. The largest absolute Gasteiger partial charge is 0.507 e. The van der Waals surface area contributed by atoms with Gasteiger partial charge in [0.05, 0.1) is 12.4 Å². The predicted molar refractivity (Wildman–Crippen MR) is 92.5 cm³/mol. The van der Waals surface area contributed by atoms with Gasteiger partial charge in [0.1, 0.15) is 11.5 Å². The first kappa shape index (κ1) is 20.2. The van der Waals surface area contributed by atoms with E-state index in [1.807, 2.05) is 26.0 Å². The number of carbonyl (C=O) groups is 1. The van der Waals surface area contributed by atoms with E-state index in [-0.39, 0.29) is 28.0 Å². The topological polar surface area (TPSA) is 106 Å². The maximum Gasteiger partial charge on any atom is 0.355 e. The standard InChI is InChI=1S/C17H18N4O3.Ni/c1-11-3-5-13(15(22)7-11)9-18-20-17(24)21-19-10-14-6-4-12(2)8-16(14)23;/h3-10,22-23H,1-2H3,(H2,20,21,24);/b18-9+,19-10+;. The average Bonchev–Trinajstić information content (AvgIpc) is 2.51. The second-order valence-corrected chi connectivity index (χ2v) is 5.19. The SMILES string of the molecule is Cc1ccc(/C=N/NC(=O)N/N=C/c2ccc(C)cc2O)c(O)c1.[Ni]. The number of urea groups is 1. The fourth-order valence-electron chi connectivity index (χ4n) is 1.87. The Morgan fingerprint density at radius 3 is 1.64 bits per heavy atom. The molecule has 0 unspecified atom stereocenters. The van der Waals surface area contributed by atoms with Crippen LogP contribution in [0.3, 0.4) is 0 Å². The van der Waals surface area contributed by atoms with Crippen LogP contribution in [0.4, 0.5) is 4.79 Å². The van der Waals surface area contributed by atoms with E-state index in [9.17, 15) is 15.0 Å². The molecule has 25 heavy (non-hydrogen) atoms. The molecular formula is C17H18N4NiO3. The van der Waals surface area contributed by atoms with Crippen molar-refractivity contribution in [2.45, 2.75) is 13.8 Å². The van der Waals surface area contributed by atoms with Crippen LogP contribution in [0, 0.1) is 13.8 Å². The Labute approximate surface area is 155 Å². The van der Waals surface area contributed by atoms with E-state index < -0.39 is 6.03 Å². The van der Waals surface area contributed by atoms with E-state index in [1.165, 1.54) is 12.4 Å². The molecule has 0 saturated heterocycles. The van der Waals surface area contributed by atoms with Crippen LogP contribution < -0.4 is 10.9 Å². The number of nitrogens with one attached hydrogen (secondary N) is 2. The van der Waals surface area contributed by atoms with Gasteiger partial charge in [0.2, 0.25) is 0 Å². The van der Waals surface area contributed by atoms with Crippen molar-refractivity contribution in [3.8, 4) is 11.5 Å². The number of carbonyl (C=O) groups excluding carboxylic acids is 1. The van der Waals surface area contributed by atoms with Gasteiger partial charge in [-0.25, -0.2) is 15.6 Å². The van der Waals surface area contributed by atoms with Crippen molar-refractivity contribution in [1.29, 1.82) is 0 Å². The van der Waals surface area contributed by atoms with Crippen molar-refractivity contribution < 1.29 is 31.5 Å². The minimum absolute atomic E-state index is 0. The van der Waals surface area contributed by atoms with Gasteiger partial charge in [-0.15, -0.1) is 0 Å². The molecule has 8 heteroatoms. The molecule has 0 aliphatic rings. The van der Waals surface area contributed by atoms with Crippen molar-refractivity contribution >= 4 is 18.5 Å². The van der Waals surface area contributed by atoms with E-state index in [0.717, 1.165) is 11.1 Å². The molecule has 2 amide bonds. The van der Waals surface area contributed by atoms with Crippen LogP contribution in [0.1, 0.15) is 22.3 Å². The number of hydrazone groups is 2. The second-order valence-electron chi connectivity index (χ2n) is 5.19. The van der Waals surface area contributed by atoms with Crippen molar-refractivity contribution in [2.75, 3.05) is 0 Å². The van der Waals surface area contributed by atoms with Crippen molar-refractivity contribution in [2.24, 2.45) is 10.2 Å². The summed E-state index contributed by atoms with van der Waals surface area (Å²) in [5.41, 5.74) is 7.23. The number of hydrogen-bond acceptors (Lipinski definition) is 5. The van der Waals surface area contributed by atoms with Gasteiger partial charge in [-0.05, 0) is 49.2 Å².